The molecule has 1 aromatic carbocycles. The standard InChI is InChI=1S/C17H25FN2O3/c1-3-17(2,15-22-10-11-23-15)8-5-9-19-16(21)20-14-7-4-6-13(18)12-14/h4,6-7,12,15H,3,5,8-11H2,1-2H3,(H2,19,20,21)/t17-/m1/s1. The molecule has 1 heterocycles. The Morgan fingerprint density at radius 1 is 1.39 bits per heavy atom. The highest BCUT2D eigenvalue weighted by atomic mass is 19.1. The van der Waals surface area contributed by atoms with E-state index in [2.05, 4.69) is 24.5 Å². The lowest BCUT2D eigenvalue weighted by molar-refractivity contribution is -0.131. The second-order valence-electron chi connectivity index (χ2n) is 6.08. The fraction of sp³-hybridized carbons (Fsp3) is 0.588. The molecule has 0 radical (unpaired) electrons. The lowest BCUT2D eigenvalue weighted by Crippen LogP contribution is -2.35. The normalized spacial score (nSPS) is 17.7. The van der Waals surface area contributed by atoms with Gasteiger partial charge in [0.1, 0.15) is 5.82 Å². The molecule has 5 nitrogen and oxygen atoms in total. The number of urea groups is 1. The molecule has 23 heavy (non-hydrogen) atoms. The van der Waals surface area contributed by atoms with Crippen LogP contribution < -0.4 is 10.6 Å². The first-order valence-corrected chi connectivity index (χ1v) is 8.07. The minimum atomic E-state index is -0.377. The largest absolute Gasteiger partial charge is 0.350 e. The van der Waals surface area contributed by atoms with Crippen molar-refractivity contribution in [3.63, 3.8) is 0 Å². The predicted molar refractivity (Wildman–Crippen MR) is 86.7 cm³/mol. The topological polar surface area (TPSA) is 59.6 Å². The Morgan fingerprint density at radius 3 is 2.78 bits per heavy atom. The maximum atomic E-state index is 13.0. The first-order valence-electron chi connectivity index (χ1n) is 8.07. The molecule has 2 amide bonds. The molecular formula is C17H25FN2O3. The Balaban J connectivity index is 1.70. The molecule has 2 rings (SSSR count). The molecule has 0 bridgehead atoms. The molecule has 1 fully saturated rings. The summed E-state index contributed by atoms with van der Waals surface area (Å²) in [5.74, 6) is -0.377. The molecule has 0 aliphatic carbocycles. The predicted octanol–water partition coefficient (Wildman–Crippen LogP) is 3.52. The summed E-state index contributed by atoms with van der Waals surface area (Å²) in [6, 6.07) is 5.48. The van der Waals surface area contributed by atoms with E-state index in [0.717, 1.165) is 19.3 Å². The van der Waals surface area contributed by atoms with Gasteiger partial charge in [0.25, 0.3) is 0 Å². The highest BCUT2D eigenvalue weighted by Crippen LogP contribution is 2.35. The van der Waals surface area contributed by atoms with Crippen molar-refractivity contribution >= 4 is 11.7 Å². The van der Waals surface area contributed by atoms with E-state index in [4.69, 9.17) is 9.47 Å². The third kappa shape index (κ3) is 5.18. The van der Waals surface area contributed by atoms with E-state index in [0.29, 0.717) is 25.4 Å². The summed E-state index contributed by atoms with van der Waals surface area (Å²) in [6.45, 7) is 6.11. The smallest absolute Gasteiger partial charge is 0.319 e. The molecule has 1 saturated heterocycles. The minimum absolute atomic E-state index is 0.0444. The molecule has 0 unspecified atom stereocenters. The van der Waals surface area contributed by atoms with E-state index in [1.54, 1.807) is 12.1 Å². The van der Waals surface area contributed by atoms with Crippen molar-refractivity contribution in [3.8, 4) is 0 Å². The second-order valence-corrected chi connectivity index (χ2v) is 6.08. The van der Waals surface area contributed by atoms with Gasteiger partial charge in [-0.2, -0.15) is 0 Å². The van der Waals surface area contributed by atoms with Gasteiger partial charge in [0.2, 0.25) is 0 Å². The number of nitrogens with one attached hydrogen (secondary N) is 2. The summed E-state index contributed by atoms with van der Waals surface area (Å²) in [5.41, 5.74) is 0.394. The molecule has 1 atom stereocenters. The minimum Gasteiger partial charge on any atom is -0.350 e. The number of carbonyl (C=O) groups is 1. The van der Waals surface area contributed by atoms with Gasteiger partial charge in [-0.15, -0.1) is 0 Å². The molecule has 1 aromatic rings. The number of halogens is 1. The maximum Gasteiger partial charge on any atom is 0.319 e. The van der Waals surface area contributed by atoms with E-state index in [9.17, 15) is 9.18 Å². The second kappa shape index (κ2) is 8.26. The van der Waals surface area contributed by atoms with Gasteiger partial charge in [-0.3, -0.25) is 0 Å². The first-order chi connectivity index (χ1) is 11.0. The van der Waals surface area contributed by atoms with Crippen LogP contribution in [0.4, 0.5) is 14.9 Å². The van der Waals surface area contributed by atoms with Crippen LogP contribution in [0, 0.1) is 11.2 Å². The van der Waals surface area contributed by atoms with E-state index in [1.807, 2.05) is 0 Å². The molecule has 1 aliphatic rings. The first kappa shape index (κ1) is 17.7. The molecular weight excluding hydrogens is 299 g/mol. The van der Waals surface area contributed by atoms with Crippen LogP contribution in [-0.4, -0.2) is 32.1 Å². The summed E-state index contributed by atoms with van der Waals surface area (Å²) >= 11 is 0. The quantitative estimate of drug-likeness (QED) is 0.755. The van der Waals surface area contributed by atoms with Gasteiger partial charge < -0.3 is 20.1 Å². The van der Waals surface area contributed by atoms with Gasteiger partial charge in [-0.25, -0.2) is 9.18 Å². The SMILES string of the molecule is CC[C@](C)(CCCNC(=O)Nc1cccc(F)c1)C1OCCO1. The monoisotopic (exact) mass is 324 g/mol. The Kier molecular flexibility index (Phi) is 6.36. The summed E-state index contributed by atoms with van der Waals surface area (Å²) in [5, 5.41) is 5.39. The van der Waals surface area contributed by atoms with Crippen LogP contribution in [-0.2, 0) is 9.47 Å². The Morgan fingerprint density at radius 2 is 2.13 bits per heavy atom. The molecule has 0 spiro atoms. The summed E-state index contributed by atoms with van der Waals surface area (Å²) in [6.07, 6.45) is 2.51. The van der Waals surface area contributed by atoms with Crippen LogP contribution in [0.15, 0.2) is 24.3 Å². The lowest BCUT2D eigenvalue weighted by atomic mass is 9.82. The number of ether oxygens (including phenoxy) is 2. The van der Waals surface area contributed by atoms with Gasteiger partial charge in [0.05, 0.1) is 13.2 Å². The maximum absolute atomic E-state index is 13.0. The zero-order valence-corrected chi connectivity index (χ0v) is 13.7. The van der Waals surface area contributed by atoms with Crippen molar-refractivity contribution in [1.82, 2.24) is 5.32 Å². The van der Waals surface area contributed by atoms with E-state index in [1.165, 1.54) is 12.1 Å². The third-order valence-corrected chi connectivity index (χ3v) is 4.29. The van der Waals surface area contributed by atoms with Crippen molar-refractivity contribution in [2.24, 2.45) is 5.41 Å². The Bertz CT molecular complexity index is 520. The van der Waals surface area contributed by atoms with E-state index in [-0.39, 0.29) is 23.6 Å². The number of hydrogen-bond donors (Lipinski definition) is 2. The number of rotatable bonds is 7. The number of benzene rings is 1. The lowest BCUT2D eigenvalue weighted by Gasteiger charge is -2.33. The molecule has 0 aromatic heterocycles. The van der Waals surface area contributed by atoms with E-state index < -0.39 is 0 Å². The number of anilines is 1. The van der Waals surface area contributed by atoms with Crippen molar-refractivity contribution in [2.75, 3.05) is 25.1 Å². The van der Waals surface area contributed by atoms with Crippen LogP contribution >= 0.6 is 0 Å². The van der Waals surface area contributed by atoms with Crippen LogP contribution in [0.3, 0.4) is 0 Å². The van der Waals surface area contributed by atoms with Crippen molar-refractivity contribution in [2.45, 2.75) is 39.4 Å². The van der Waals surface area contributed by atoms with Crippen LogP contribution in [0.2, 0.25) is 0 Å². The fourth-order valence-corrected chi connectivity index (χ4v) is 2.66. The van der Waals surface area contributed by atoms with Crippen molar-refractivity contribution < 1.29 is 18.7 Å². The summed E-state index contributed by atoms with van der Waals surface area (Å²) < 4.78 is 24.3. The fourth-order valence-electron chi connectivity index (χ4n) is 2.66. The molecule has 6 heteroatoms. The summed E-state index contributed by atoms with van der Waals surface area (Å²) in [4.78, 5) is 11.8. The zero-order chi connectivity index (χ0) is 16.7. The van der Waals surface area contributed by atoms with E-state index >= 15 is 0 Å². The molecule has 128 valence electrons. The van der Waals surface area contributed by atoms with Gasteiger partial charge in [0, 0.05) is 17.6 Å². The van der Waals surface area contributed by atoms with Crippen molar-refractivity contribution in [3.05, 3.63) is 30.1 Å². The highest BCUT2D eigenvalue weighted by Gasteiger charge is 2.36. The van der Waals surface area contributed by atoms with Crippen LogP contribution in [0.5, 0.6) is 0 Å². The van der Waals surface area contributed by atoms with Gasteiger partial charge in [-0.05, 0) is 37.5 Å². The molecule has 2 N–H and O–H groups in total. The van der Waals surface area contributed by atoms with Crippen LogP contribution in [0.25, 0.3) is 0 Å². The average molecular weight is 324 g/mol. The van der Waals surface area contributed by atoms with Crippen LogP contribution in [0.1, 0.15) is 33.1 Å². The zero-order valence-electron chi connectivity index (χ0n) is 13.7. The molecule has 0 saturated carbocycles. The number of carbonyl (C=O) groups excluding carboxylic acids is 1. The van der Waals surface area contributed by atoms with Gasteiger partial charge >= 0.3 is 6.03 Å². The summed E-state index contributed by atoms with van der Waals surface area (Å²) in [7, 11) is 0. The molecule has 1 aliphatic heterocycles. The third-order valence-electron chi connectivity index (χ3n) is 4.29. The highest BCUT2D eigenvalue weighted by molar-refractivity contribution is 5.89. The van der Waals surface area contributed by atoms with Gasteiger partial charge in [-0.1, -0.05) is 19.9 Å². The number of hydrogen-bond acceptors (Lipinski definition) is 3. The Hall–Kier alpha value is -1.66. The average Bonchev–Trinajstić information content (AvgIpc) is 3.06. The van der Waals surface area contributed by atoms with Gasteiger partial charge in [0.15, 0.2) is 6.29 Å². The Labute approximate surface area is 136 Å². The van der Waals surface area contributed by atoms with Crippen molar-refractivity contribution in [1.29, 1.82) is 0 Å². The number of amides is 2.